The maximum Gasteiger partial charge on any atom is 3.00 e. The van der Waals surface area contributed by atoms with Crippen LogP contribution in [-0.2, 0) is 30.5 Å². The van der Waals surface area contributed by atoms with Gasteiger partial charge < -0.3 is 34.9 Å². The Hall–Kier alpha value is -2.27. The molecule has 1 heterocycles. The van der Waals surface area contributed by atoms with E-state index < -0.39 is 42.9 Å². The first-order valence-electron chi connectivity index (χ1n) is 12.6. The largest absolute Gasteiger partial charge is 3.00 e. The number of carbonyl (C=O) groups excluding carboxylic acids is 3. The SMILES string of the molecule is O=C([O-])CN1CCN(CC(=O)[O-])CCN(CC(=O)N(CC(=O)O)Cc2ccccc2)CCN(CC(=O)O)CC1.[Gd+3]. The average molecular weight is 707 g/mol. The van der Waals surface area contributed by atoms with Gasteiger partial charge in [0.1, 0.15) is 6.54 Å². The van der Waals surface area contributed by atoms with E-state index in [1.54, 1.807) is 43.9 Å². The van der Waals surface area contributed by atoms with E-state index in [0.29, 0.717) is 0 Å². The molecular formula is C25H35GdN5O9+. The Labute approximate surface area is 264 Å². The van der Waals surface area contributed by atoms with Crippen LogP contribution in [0, 0.1) is 39.9 Å². The molecule has 1 aliphatic rings. The molecule has 0 atom stereocenters. The maximum atomic E-state index is 13.2. The number of rotatable bonds is 12. The molecule has 1 saturated heterocycles. The fourth-order valence-corrected chi connectivity index (χ4v) is 4.26. The molecule has 15 heteroatoms. The summed E-state index contributed by atoms with van der Waals surface area (Å²) in [4.78, 5) is 66.3. The summed E-state index contributed by atoms with van der Waals surface area (Å²) in [6, 6.07) is 8.94. The Morgan fingerprint density at radius 3 is 1.43 bits per heavy atom. The molecule has 0 unspecified atom stereocenters. The monoisotopic (exact) mass is 707 g/mol. The zero-order chi connectivity index (χ0) is 28.8. The molecule has 221 valence electrons. The minimum Gasteiger partial charge on any atom is -0.549 e. The van der Waals surface area contributed by atoms with Gasteiger partial charge in [0.15, 0.2) is 0 Å². The molecule has 1 fully saturated rings. The third-order valence-corrected chi connectivity index (χ3v) is 6.25. The van der Waals surface area contributed by atoms with Gasteiger partial charge in [-0.15, -0.1) is 0 Å². The van der Waals surface area contributed by atoms with Crippen molar-refractivity contribution in [3.63, 3.8) is 0 Å². The van der Waals surface area contributed by atoms with Gasteiger partial charge in [-0.3, -0.25) is 34.0 Å². The van der Waals surface area contributed by atoms with E-state index in [9.17, 15) is 44.4 Å². The van der Waals surface area contributed by atoms with E-state index in [1.807, 2.05) is 6.07 Å². The van der Waals surface area contributed by atoms with Crippen molar-refractivity contribution < 1.29 is 84.3 Å². The topological polar surface area (TPSA) is 188 Å². The first-order valence-corrected chi connectivity index (χ1v) is 12.6. The van der Waals surface area contributed by atoms with Crippen LogP contribution in [0.5, 0.6) is 0 Å². The van der Waals surface area contributed by atoms with Crippen molar-refractivity contribution in [2.45, 2.75) is 6.54 Å². The van der Waals surface area contributed by atoms with Gasteiger partial charge in [0.2, 0.25) is 5.91 Å². The standard InChI is InChI=1S/C25H37N5O9.Gd/c31-21(30(19-25(38)39)14-20-4-2-1-3-5-20)15-26-6-8-27(16-22(32)33)10-12-29(18-24(36)37)13-11-28(9-7-26)17-23(34)35;/h1-5H,6-19H2,(H,32,33)(H,34,35)(H,36,37)(H,38,39);/q;+3/p-2. The first-order chi connectivity index (χ1) is 18.5. The van der Waals surface area contributed by atoms with Crippen molar-refractivity contribution in [2.24, 2.45) is 0 Å². The molecule has 2 N–H and O–H groups in total. The zero-order valence-corrected chi connectivity index (χ0v) is 24.4. The van der Waals surface area contributed by atoms with Crippen LogP contribution in [0.2, 0.25) is 0 Å². The third-order valence-electron chi connectivity index (χ3n) is 6.25. The molecule has 1 aromatic carbocycles. The van der Waals surface area contributed by atoms with Crippen LogP contribution in [0.15, 0.2) is 30.3 Å². The Kier molecular flexibility index (Phi) is 17.0. The molecule has 1 aliphatic heterocycles. The summed E-state index contributed by atoms with van der Waals surface area (Å²) in [7, 11) is 0. The van der Waals surface area contributed by atoms with E-state index in [0.717, 1.165) is 5.56 Å². The van der Waals surface area contributed by atoms with Crippen molar-refractivity contribution in [3.8, 4) is 0 Å². The van der Waals surface area contributed by atoms with Gasteiger partial charge in [0, 0.05) is 72.0 Å². The molecule has 14 nitrogen and oxygen atoms in total. The molecule has 40 heavy (non-hydrogen) atoms. The second-order valence-electron chi connectivity index (χ2n) is 9.37. The number of benzene rings is 1. The number of nitrogens with zero attached hydrogens (tertiary/aromatic N) is 5. The molecule has 1 amide bonds. The summed E-state index contributed by atoms with van der Waals surface area (Å²) in [6.07, 6.45) is 0. The third kappa shape index (κ3) is 14.9. The maximum absolute atomic E-state index is 13.2. The molecule has 1 radical (unpaired) electrons. The molecule has 0 aromatic heterocycles. The summed E-state index contributed by atoms with van der Waals surface area (Å²) in [6.45, 7) is 0.0926. The summed E-state index contributed by atoms with van der Waals surface area (Å²) in [5.41, 5.74) is 0.759. The number of hydrogen-bond acceptors (Lipinski definition) is 11. The van der Waals surface area contributed by atoms with Gasteiger partial charge >= 0.3 is 51.9 Å². The van der Waals surface area contributed by atoms with Crippen LogP contribution in [0.4, 0.5) is 0 Å². The van der Waals surface area contributed by atoms with Gasteiger partial charge in [-0.1, -0.05) is 30.3 Å². The Morgan fingerprint density at radius 2 is 1.05 bits per heavy atom. The smallest absolute Gasteiger partial charge is 0.549 e. The minimum absolute atomic E-state index is 0. The second-order valence-corrected chi connectivity index (χ2v) is 9.37. The van der Waals surface area contributed by atoms with Gasteiger partial charge in [-0.05, 0) is 5.56 Å². The second kappa shape index (κ2) is 19.0. The van der Waals surface area contributed by atoms with Gasteiger partial charge in [0.25, 0.3) is 0 Å². The summed E-state index contributed by atoms with van der Waals surface area (Å²) in [5, 5.41) is 41.2. The molecule has 0 aliphatic carbocycles. The van der Waals surface area contributed by atoms with Crippen LogP contribution in [-0.4, -0.2) is 150 Å². The number of carboxylic acids is 4. The molecule has 2 rings (SSSR count). The number of carboxylic acid groups (broad SMARTS) is 4. The number of carbonyl (C=O) groups is 5. The van der Waals surface area contributed by atoms with Gasteiger partial charge in [-0.2, -0.15) is 0 Å². The van der Waals surface area contributed by atoms with Crippen LogP contribution in [0.3, 0.4) is 0 Å². The predicted molar refractivity (Wildman–Crippen MR) is 133 cm³/mol. The quantitative estimate of drug-likeness (QED) is 0.214. The van der Waals surface area contributed by atoms with Crippen molar-refractivity contribution in [3.05, 3.63) is 35.9 Å². The van der Waals surface area contributed by atoms with Gasteiger partial charge in [-0.25, -0.2) is 0 Å². The van der Waals surface area contributed by atoms with Crippen LogP contribution >= 0.6 is 0 Å². The van der Waals surface area contributed by atoms with Gasteiger partial charge in [0.05, 0.1) is 25.0 Å². The molecular weight excluding hydrogens is 672 g/mol. The van der Waals surface area contributed by atoms with E-state index >= 15 is 0 Å². The van der Waals surface area contributed by atoms with Crippen molar-refractivity contribution in [1.82, 2.24) is 24.5 Å². The zero-order valence-electron chi connectivity index (χ0n) is 22.1. The first kappa shape index (κ1) is 35.8. The van der Waals surface area contributed by atoms with Crippen LogP contribution in [0.25, 0.3) is 0 Å². The number of amides is 1. The van der Waals surface area contributed by atoms with Crippen molar-refractivity contribution >= 4 is 29.8 Å². The number of hydrogen-bond donors (Lipinski definition) is 2. The fraction of sp³-hybridized carbons (Fsp3) is 0.560. The Balaban J connectivity index is 0.00000800. The van der Waals surface area contributed by atoms with Crippen molar-refractivity contribution in [2.75, 3.05) is 85.1 Å². The van der Waals surface area contributed by atoms with Crippen molar-refractivity contribution in [1.29, 1.82) is 0 Å². The Morgan fingerprint density at radius 1 is 0.650 bits per heavy atom. The average Bonchev–Trinajstić information content (AvgIpc) is 2.84. The molecule has 0 bridgehead atoms. The molecule has 0 saturated carbocycles. The summed E-state index contributed by atoms with van der Waals surface area (Å²) >= 11 is 0. The Bertz CT molecular complexity index is 953. The normalized spacial score (nSPS) is 16.6. The summed E-state index contributed by atoms with van der Waals surface area (Å²) < 4.78 is 0. The predicted octanol–water partition coefficient (Wildman–Crippen LogP) is -4.09. The minimum atomic E-state index is -1.31. The van der Waals surface area contributed by atoms with E-state index in [-0.39, 0.29) is 118 Å². The van der Waals surface area contributed by atoms with E-state index in [4.69, 9.17) is 0 Å². The fourth-order valence-electron chi connectivity index (χ4n) is 4.26. The van der Waals surface area contributed by atoms with E-state index in [1.165, 1.54) is 4.90 Å². The summed E-state index contributed by atoms with van der Waals surface area (Å²) in [5.74, 6) is -5.28. The van der Waals surface area contributed by atoms with Crippen LogP contribution in [0.1, 0.15) is 5.56 Å². The number of aliphatic carboxylic acids is 4. The molecule has 1 aromatic rings. The molecule has 0 spiro atoms. The van der Waals surface area contributed by atoms with E-state index in [2.05, 4.69) is 0 Å². The van der Waals surface area contributed by atoms with Crippen LogP contribution < -0.4 is 10.2 Å².